The van der Waals surface area contributed by atoms with Gasteiger partial charge in [-0.1, -0.05) is 58.6 Å². The Morgan fingerprint density at radius 3 is 2.37 bits per heavy atom. The third-order valence-electron chi connectivity index (χ3n) is 3.22. The zero-order valence-corrected chi connectivity index (χ0v) is 13.2. The Morgan fingerprint density at radius 1 is 1.21 bits per heavy atom. The van der Waals surface area contributed by atoms with Crippen LogP contribution < -0.4 is 0 Å². The minimum atomic E-state index is -4.30. The number of allylic oxidation sites excluding steroid dienone is 2. The van der Waals surface area contributed by atoms with Crippen LogP contribution in [0.5, 0.6) is 0 Å². The number of hydrogen-bond acceptors (Lipinski definition) is 3. The monoisotopic (exact) mass is 292 g/mol. The molecule has 2 atom stereocenters. The Labute approximate surface area is 118 Å². The van der Waals surface area contributed by atoms with Gasteiger partial charge in [-0.05, 0) is 24.7 Å². The van der Waals surface area contributed by atoms with E-state index < -0.39 is 10.4 Å². The van der Waals surface area contributed by atoms with E-state index in [1.165, 1.54) is 25.7 Å². The summed E-state index contributed by atoms with van der Waals surface area (Å²) in [6.45, 7) is 6.34. The highest BCUT2D eigenvalue weighted by Gasteiger charge is 2.08. The summed E-state index contributed by atoms with van der Waals surface area (Å²) in [5, 5.41) is 0. The first kappa shape index (κ1) is 18.6. The maximum atomic E-state index is 10.4. The zero-order valence-electron chi connectivity index (χ0n) is 12.3. The van der Waals surface area contributed by atoms with Gasteiger partial charge in [0.1, 0.15) is 0 Å². The van der Waals surface area contributed by atoms with Crippen molar-refractivity contribution in [1.82, 2.24) is 0 Å². The van der Waals surface area contributed by atoms with Crippen molar-refractivity contribution in [2.75, 3.05) is 6.61 Å². The van der Waals surface area contributed by atoms with Crippen LogP contribution in [-0.4, -0.2) is 19.6 Å². The van der Waals surface area contributed by atoms with Crippen molar-refractivity contribution in [2.24, 2.45) is 11.8 Å². The molecule has 0 fully saturated rings. The summed E-state index contributed by atoms with van der Waals surface area (Å²) in [5.41, 5.74) is 0. The van der Waals surface area contributed by atoms with Crippen molar-refractivity contribution in [2.45, 2.75) is 59.3 Å². The summed E-state index contributed by atoms with van der Waals surface area (Å²) in [6, 6.07) is 0. The molecule has 0 radical (unpaired) electrons. The van der Waals surface area contributed by atoms with Crippen LogP contribution in [0, 0.1) is 11.8 Å². The molecule has 0 aliphatic rings. The molecule has 0 aromatic heterocycles. The molecule has 0 spiro atoms. The summed E-state index contributed by atoms with van der Waals surface area (Å²) in [5.74, 6) is 0.828. The van der Waals surface area contributed by atoms with Crippen LogP contribution in [0.1, 0.15) is 59.3 Å². The van der Waals surface area contributed by atoms with E-state index in [1.807, 2.05) is 6.92 Å². The summed E-state index contributed by atoms with van der Waals surface area (Å²) in [4.78, 5) is 0. The van der Waals surface area contributed by atoms with Crippen LogP contribution in [0.3, 0.4) is 0 Å². The van der Waals surface area contributed by atoms with E-state index in [0.29, 0.717) is 0 Å². The van der Waals surface area contributed by atoms with Gasteiger partial charge in [0.25, 0.3) is 0 Å². The summed E-state index contributed by atoms with van der Waals surface area (Å²) >= 11 is 0. The Bertz CT molecular complexity index is 335. The first-order chi connectivity index (χ1) is 8.89. The lowest BCUT2D eigenvalue weighted by Crippen LogP contribution is -2.10. The fourth-order valence-corrected chi connectivity index (χ4v) is 2.27. The predicted molar refractivity (Wildman–Crippen MR) is 78.3 cm³/mol. The number of unbranched alkanes of at least 4 members (excludes halogenated alkanes) is 1. The lowest BCUT2D eigenvalue weighted by atomic mass is 9.95. The summed E-state index contributed by atoms with van der Waals surface area (Å²) in [6.07, 6.45) is 11.1. The highest BCUT2D eigenvalue weighted by atomic mass is 32.3. The van der Waals surface area contributed by atoms with Crippen molar-refractivity contribution in [3.8, 4) is 0 Å². The number of hydrogen-bond donors (Lipinski definition) is 1. The molecule has 114 valence electrons. The molecule has 0 aromatic rings. The minimum absolute atomic E-state index is 0.0240. The molecule has 19 heavy (non-hydrogen) atoms. The van der Waals surface area contributed by atoms with E-state index in [1.54, 1.807) is 0 Å². The molecule has 0 aliphatic carbocycles. The molecular weight excluding hydrogens is 264 g/mol. The summed E-state index contributed by atoms with van der Waals surface area (Å²) < 4.78 is 33.6. The lowest BCUT2D eigenvalue weighted by molar-refractivity contribution is 0.231. The largest absolute Gasteiger partial charge is 0.397 e. The van der Waals surface area contributed by atoms with Gasteiger partial charge in [0, 0.05) is 0 Å². The van der Waals surface area contributed by atoms with Crippen molar-refractivity contribution in [3.63, 3.8) is 0 Å². The number of rotatable bonds is 11. The molecular formula is C14H28O4S. The van der Waals surface area contributed by atoms with Gasteiger partial charge in [-0.2, -0.15) is 8.42 Å². The van der Waals surface area contributed by atoms with Gasteiger partial charge in [-0.15, -0.1) is 0 Å². The van der Waals surface area contributed by atoms with Gasteiger partial charge in [-0.25, -0.2) is 4.18 Å². The average molecular weight is 292 g/mol. The highest BCUT2D eigenvalue weighted by molar-refractivity contribution is 7.80. The van der Waals surface area contributed by atoms with E-state index in [-0.39, 0.29) is 12.5 Å². The van der Waals surface area contributed by atoms with E-state index >= 15 is 0 Å². The normalized spacial score (nSPS) is 15.8. The molecule has 5 heteroatoms. The molecule has 0 heterocycles. The van der Waals surface area contributed by atoms with Crippen LogP contribution >= 0.6 is 0 Å². The second kappa shape index (κ2) is 10.4. The Kier molecular flexibility index (Phi) is 10.2. The Balaban J connectivity index is 3.82. The third-order valence-corrected chi connectivity index (χ3v) is 3.65. The SMILES string of the molecule is CCCCC(CC)C/C=C/CC(C)COS(=O)(=O)O. The van der Waals surface area contributed by atoms with Crippen molar-refractivity contribution >= 4 is 10.4 Å². The van der Waals surface area contributed by atoms with Crippen LogP contribution in [0.4, 0.5) is 0 Å². The molecule has 2 unspecified atom stereocenters. The van der Waals surface area contributed by atoms with Gasteiger partial charge >= 0.3 is 10.4 Å². The molecule has 0 saturated heterocycles. The van der Waals surface area contributed by atoms with Gasteiger partial charge in [-0.3, -0.25) is 4.55 Å². The quantitative estimate of drug-likeness (QED) is 0.462. The van der Waals surface area contributed by atoms with Gasteiger partial charge in [0.05, 0.1) is 6.61 Å². The van der Waals surface area contributed by atoms with Gasteiger partial charge in [0.2, 0.25) is 0 Å². The second-order valence-electron chi connectivity index (χ2n) is 5.18. The maximum Gasteiger partial charge on any atom is 0.397 e. The van der Waals surface area contributed by atoms with Crippen LogP contribution in [0.15, 0.2) is 12.2 Å². The molecule has 0 rings (SSSR count). The molecule has 0 aliphatic heterocycles. The minimum Gasteiger partial charge on any atom is -0.264 e. The fraction of sp³-hybridized carbons (Fsp3) is 0.857. The van der Waals surface area contributed by atoms with Gasteiger partial charge < -0.3 is 0 Å². The van der Waals surface area contributed by atoms with E-state index in [2.05, 4.69) is 30.2 Å². The third kappa shape index (κ3) is 12.4. The Morgan fingerprint density at radius 2 is 1.84 bits per heavy atom. The lowest BCUT2D eigenvalue weighted by Gasteiger charge is -2.11. The highest BCUT2D eigenvalue weighted by Crippen LogP contribution is 2.17. The topological polar surface area (TPSA) is 63.6 Å². The molecule has 0 saturated carbocycles. The van der Waals surface area contributed by atoms with Gasteiger partial charge in [0.15, 0.2) is 0 Å². The summed E-state index contributed by atoms with van der Waals surface area (Å²) in [7, 11) is -4.30. The van der Waals surface area contributed by atoms with E-state index in [9.17, 15) is 8.42 Å². The second-order valence-corrected chi connectivity index (χ2v) is 6.27. The molecule has 4 nitrogen and oxygen atoms in total. The van der Waals surface area contributed by atoms with E-state index in [0.717, 1.165) is 18.8 Å². The van der Waals surface area contributed by atoms with Crippen LogP contribution in [-0.2, 0) is 14.6 Å². The first-order valence-electron chi connectivity index (χ1n) is 7.15. The van der Waals surface area contributed by atoms with Crippen molar-refractivity contribution in [3.05, 3.63) is 12.2 Å². The van der Waals surface area contributed by atoms with Crippen LogP contribution in [0.25, 0.3) is 0 Å². The smallest absolute Gasteiger partial charge is 0.264 e. The molecule has 0 aromatic carbocycles. The molecule has 0 amide bonds. The average Bonchev–Trinajstić information content (AvgIpc) is 2.34. The fourth-order valence-electron chi connectivity index (χ4n) is 1.87. The first-order valence-corrected chi connectivity index (χ1v) is 8.52. The van der Waals surface area contributed by atoms with Crippen molar-refractivity contribution < 1.29 is 17.2 Å². The maximum absolute atomic E-state index is 10.4. The Hall–Kier alpha value is -0.390. The van der Waals surface area contributed by atoms with E-state index in [4.69, 9.17) is 4.55 Å². The van der Waals surface area contributed by atoms with Crippen molar-refractivity contribution in [1.29, 1.82) is 0 Å². The molecule has 0 bridgehead atoms. The standard InChI is InChI=1S/C14H28O4S/c1-4-6-10-14(5-2)11-8-7-9-13(3)12-18-19(15,16)17/h7-8,13-14H,4-6,9-12H2,1-3H3,(H,15,16,17)/b8-7+. The predicted octanol–water partition coefficient (Wildman–Crippen LogP) is 3.99. The molecule has 1 N–H and O–H groups in total. The van der Waals surface area contributed by atoms with Crippen LogP contribution in [0.2, 0.25) is 0 Å². The zero-order chi connectivity index (χ0) is 14.7.